The van der Waals surface area contributed by atoms with E-state index >= 15 is 0 Å². The third-order valence-corrected chi connectivity index (χ3v) is 2.03. The fourth-order valence-electron chi connectivity index (χ4n) is 1.17. The van der Waals surface area contributed by atoms with Crippen LogP contribution in [0.4, 0.5) is 0 Å². The van der Waals surface area contributed by atoms with Crippen molar-refractivity contribution in [3.63, 3.8) is 0 Å². The summed E-state index contributed by atoms with van der Waals surface area (Å²) in [5.74, 6) is -0.767. The molecule has 0 fully saturated rings. The number of nitrogens with zero attached hydrogens (tertiary/aromatic N) is 1. The van der Waals surface area contributed by atoms with Crippen LogP contribution in [0.15, 0.2) is 0 Å². The van der Waals surface area contributed by atoms with Gasteiger partial charge in [-0.15, -0.1) is 0 Å². The van der Waals surface area contributed by atoms with Crippen LogP contribution in [0.3, 0.4) is 0 Å². The molecular formula is C10H19NO3. The number of hydrogen-bond acceptors (Lipinski definition) is 2. The highest BCUT2D eigenvalue weighted by Gasteiger charge is 2.01. The molecule has 0 unspecified atom stereocenters. The Morgan fingerprint density at radius 1 is 1.29 bits per heavy atom. The highest BCUT2D eigenvalue weighted by molar-refractivity contribution is 5.66. The van der Waals surface area contributed by atoms with Crippen LogP contribution in [-0.2, 0) is 9.59 Å². The van der Waals surface area contributed by atoms with E-state index in [2.05, 4.69) is 6.92 Å². The van der Waals surface area contributed by atoms with E-state index in [1.54, 1.807) is 4.90 Å². The van der Waals surface area contributed by atoms with Crippen molar-refractivity contribution in [1.82, 2.24) is 4.90 Å². The van der Waals surface area contributed by atoms with Crippen molar-refractivity contribution in [3.8, 4) is 0 Å². The molecule has 0 rings (SSSR count). The fourth-order valence-corrected chi connectivity index (χ4v) is 1.17. The predicted molar refractivity (Wildman–Crippen MR) is 54.0 cm³/mol. The highest BCUT2D eigenvalue weighted by Crippen LogP contribution is 1.99. The molecule has 0 aromatic carbocycles. The smallest absolute Gasteiger partial charge is 0.303 e. The maximum atomic E-state index is 10.5. The van der Waals surface area contributed by atoms with Crippen LogP contribution in [-0.4, -0.2) is 35.5 Å². The lowest BCUT2D eigenvalue weighted by molar-refractivity contribution is -0.137. The standard InChI is InChI=1S/C10H19NO3/c1-2-3-7-11(9-12)8-5-4-6-10(13)14/h9H,2-8H2,1H3,(H,13,14). The summed E-state index contributed by atoms with van der Waals surface area (Å²) in [5.41, 5.74) is 0. The minimum absolute atomic E-state index is 0.195. The van der Waals surface area contributed by atoms with Crippen LogP contribution in [0.2, 0.25) is 0 Å². The second-order valence-electron chi connectivity index (χ2n) is 3.35. The van der Waals surface area contributed by atoms with Gasteiger partial charge in [0.25, 0.3) is 0 Å². The normalized spacial score (nSPS) is 9.79. The third kappa shape index (κ3) is 7.58. The molecule has 82 valence electrons. The SMILES string of the molecule is CCCCN(C=O)CCCCC(=O)O. The van der Waals surface area contributed by atoms with E-state index in [1.807, 2.05) is 0 Å². The first kappa shape index (κ1) is 12.9. The van der Waals surface area contributed by atoms with E-state index < -0.39 is 5.97 Å². The maximum absolute atomic E-state index is 10.5. The molecule has 0 spiro atoms. The monoisotopic (exact) mass is 201 g/mol. The van der Waals surface area contributed by atoms with Crippen molar-refractivity contribution in [2.75, 3.05) is 13.1 Å². The molecule has 0 aliphatic rings. The van der Waals surface area contributed by atoms with Gasteiger partial charge in [-0.1, -0.05) is 13.3 Å². The zero-order valence-electron chi connectivity index (χ0n) is 8.74. The zero-order valence-corrected chi connectivity index (χ0v) is 8.74. The molecule has 1 N–H and O–H groups in total. The molecule has 0 aliphatic heterocycles. The number of rotatable bonds is 9. The summed E-state index contributed by atoms with van der Waals surface area (Å²) in [5, 5.41) is 8.39. The summed E-state index contributed by atoms with van der Waals surface area (Å²) >= 11 is 0. The van der Waals surface area contributed by atoms with Crippen molar-refractivity contribution >= 4 is 12.4 Å². The molecule has 14 heavy (non-hydrogen) atoms. The van der Waals surface area contributed by atoms with Gasteiger partial charge >= 0.3 is 5.97 Å². The van der Waals surface area contributed by atoms with E-state index in [1.165, 1.54) is 0 Å². The lowest BCUT2D eigenvalue weighted by atomic mass is 10.2. The molecule has 0 aliphatic carbocycles. The molecule has 4 heteroatoms. The van der Waals surface area contributed by atoms with E-state index in [4.69, 9.17) is 5.11 Å². The van der Waals surface area contributed by atoms with Crippen LogP contribution in [0.1, 0.15) is 39.0 Å². The van der Waals surface area contributed by atoms with Crippen LogP contribution < -0.4 is 0 Å². The topological polar surface area (TPSA) is 57.6 Å². The van der Waals surface area contributed by atoms with Crippen LogP contribution in [0, 0.1) is 0 Å². The van der Waals surface area contributed by atoms with E-state index in [0.29, 0.717) is 13.0 Å². The second kappa shape index (κ2) is 8.53. The van der Waals surface area contributed by atoms with Gasteiger partial charge in [0.15, 0.2) is 0 Å². The van der Waals surface area contributed by atoms with Gasteiger partial charge in [-0.05, 0) is 19.3 Å². The second-order valence-corrected chi connectivity index (χ2v) is 3.35. The molecule has 0 heterocycles. The summed E-state index contributed by atoms with van der Waals surface area (Å²) < 4.78 is 0. The van der Waals surface area contributed by atoms with E-state index in [0.717, 1.165) is 32.2 Å². The molecule has 0 radical (unpaired) electrons. The number of aliphatic carboxylic acids is 1. The van der Waals surface area contributed by atoms with Crippen molar-refractivity contribution in [3.05, 3.63) is 0 Å². The maximum Gasteiger partial charge on any atom is 0.303 e. The summed E-state index contributed by atoms with van der Waals surface area (Å²) in [7, 11) is 0. The average molecular weight is 201 g/mol. The van der Waals surface area contributed by atoms with Crippen LogP contribution >= 0.6 is 0 Å². The van der Waals surface area contributed by atoms with Gasteiger partial charge in [0, 0.05) is 19.5 Å². The number of carboxylic acids is 1. The molecule has 0 atom stereocenters. The summed E-state index contributed by atoms with van der Waals surface area (Å²) in [6.07, 6.45) is 4.54. The lowest BCUT2D eigenvalue weighted by Crippen LogP contribution is -2.24. The quantitative estimate of drug-likeness (QED) is 0.454. The lowest BCUT2D eigenvalue weighted by Gasteiger charge is -2.16. The number of amides is 1. The molecule has 0 bridgehead atoms. The van der Waals surface area contributed by atoms with Gasteiger partial charge in [-0.3, -0.25) is 9.59 Å². The molecule has 1 amide bonds. The molecule has 0 saturated heterocycles. The minimum Gasteiger partial charge on any atom is -0.481 e. The Bertz CT molecular complexity index is 171. The summed E-state index contributed by atoms with van der Waals surface area (Å²) in [6, 6.07) is 0. The number of carbonyl (C=O) groups excluding carboxylic acids is 1. The summed E-state index contributed by atoms with van der Waals surface area (Å²) in [6.45, 7) is 3.54. The van der Waals surface area contributed by atoms with Crippen molar-refractivity contribution in [2.45, 2.75) is 39.0 Å². The molecule has 0 aromatic heterocycles. The Balaban J connectivity index is 3.42. The highest BCUT2D eigenvalue weighted by atomic mass is 16.4. The first-order chi connectivity index (χ1) is 6.70. The van der Waals surface area contributed by atoms with Crippen molar-refractivity contribution in [1.29, 1.82) is 0 Å². The third-order valence-electron chi connectivity index (χ3n) is 2.03. The van der Waals surface area contributed by atoms with Gasteiger partial charge in [-0.2, -0.15) is 0 Å². The fraction of sp³-hybridized carbons (Fsp3) is 0.800. The zero-order chi connectivity index (χ0) is 10.8. The van der Waals surface area contributed by atoms with Crippen LogP contribution in [0.25, 0.3) is 0 Å². The van der Waals surface area contributed by atoms with Gasteiger partial charge in [0.2, 0.25) is 6.41 Å². The Morgan fingerprint density at radius 3 is 2.43 bits per heavy atom. The Labute approximate surface area is 84.9 Å². The summed E-state index contributed by atoms with van der Waals surface area (Å²) in [4.78, 5) is 22.5. The molecule has 0 saturated carbocycles. The first-order valence-corrected chi connectivity index (χ1v) is 5.11. The largest absolute Gasteiger partial charge is 0.481 e. The van der Waals surface area contributed by atoms with Gasteiger partial charge in [-0.25, -0.2) is 0 Å². The molecule has 0 aromatic rings. The van der Waals surface area contributed by atoms with E-state index in [-0.39, 0.29) is 6.42 Å². The Kier molecular flexibility index (Phi) is 7.89. The first-order valence-electron chi connectivity index (χ1n) is 5.11. The van der Waals surface area contributed by atoms with Gasteiger partial charge in [0.05, 0.1) is 0 Å². The van der Waals surface area contributed by atoms with Crippen molar-refractivity contribution < 1.29 is 14.7 Å². The Morgan fingerprint density at radius 2 is 1.93 bits per heavy atom. The average Bonchev–Trinajstić information content (AvgIpc) is 2.16. The number of carbonyl (C=O) groups is 2. The number of unbranched alkanes of at least 4 members (excludes halogenated alkanes) is 2. The van der Waals surface area contributed by atoms with Gasteiger partial charge in [0.1, 0.15) is 0 Å². The van der Waals surface area contributed by atoms with Gasteiger partial charge < -0.3 is 10.0 Å². The molecule has 4 nitrogen and oxygen atoms in total. The minimum atomic E-state index is -0.767. The Hall–Kier alpha value is -1.06. The van der Waals surface area contributed by atoms with Crippen molar-refractivity contribution in [2.24, 2.45) is 0 Å². The predicted octanol–water partition coefficient (Wildman–Crippen LogP) is 1.50. The molecular weight excluding hydrogens is 182 g/mol. The van der Waals surface area contributed by atoms with E-state index in [9.17, 15) is 9.59 Å². The van der Waals surface area contributed by atoms with Crippen LogP contribution in [0.5, 0.6) is 0 Å². The number of hydrogen-bond donors (Lipinski definition) is 1. The number of carboxylic acid groups (broad SMARTS) is 1.